The summed E-state index contributed by atoms with van der Waals surface area (Å²) in [7, 11) is 0. The van der Waals surface area contributed by atoms with Gasteiger partial charge in [-0.2, -0.15) is 5.10 Å². The Hall–Kier alpha value is -0.880. The van der Waals surface area contributed by atoms with E-state index in [9.17, 15) is 4.79 Å². The summed E-state index contributed by atoms with van der Waals surface area (Å²) in [4.78, 5) is 13.1. The number of aryl methyl sites for hydroxylation is 2. The molecular weight excluding hydrogens is 310 g/mol. The highest BCUT2D eigenvalue weighted by atomic mass is 79.9. The Balaban J connectivity index is 2.84. The lowest BCUT2D eigenvalue weighted by atomic mass is 10.1. The lowest BCUT2D eigenvalue weighted by Crippen LogP contribution is -2.32. The van der Waals surface area contributed by atoms with Gasteiger partial charge < -0.3 is 5.11 Å². The average molecular weight is 332 g/mol. The number of carboxylic acid groups (broad SMARTS) is 1. The largest absolute Gasteiger partial charge is 0.481 e. The molecule has 0 bridgehead atoms. The highest BCUT2D eigenvalue weighted by Gasteiger charge is 2.19. The first-order valence-corrected chi connectivity index (χ1v) is 7.36. The zero-order chi connectivity index (χ0) is 14.6. The van der Waals surface area contributed by atoms with E-state index in [2.05, 4.69) is 32.9 Å². The summed E-state index contributed by atoms with van der Waals surface area (Å²) in [5.41, 5.74) is 2.08. The summed E-state index contributed by atoms with van der Waals surface area (Å²) in [5.74, 6) is -1.12. The van der Waals surface area contributed by atoms with Crippen LogP contribution in [0, 0.1) is 12.8 Å². The Morgan fingerprint density at radius 2 is 2.16 bits per heavy atom. The third-order valence-electron chi connectivity index (χ3n) is 3.23. The van der Waals surface area contributed by atoms with Gasteiger partial charge >= 0.3 is 5.97 Å². The van der Waals surface area contributed by atoms with E-state index in [0.717, 1.165) is 29.0 Å². The third kappa shape index (κ3) is 4.04. The van der Waals surface area contributed by atoms with Crippen molar-refractivity contribution in [3.05, 3.63) is 15.9 Å². The average Bonchev–Trinajstić information content (AvgIpc) is 2.64. The molecule has 0 aliphatic heterocycles. The molecule has 1 rings (SSSR count). The molecular formula is C13H22BrN3O2. The van der Waals surface area contributed by atoms with Crippen LogP contribution in [0.5, 0.6) is 0 Å². The summed E-state index contributed by atoms with van der Waals surface area (Å²) < 4.78 is 2.99. The van der Waals surface area contributed by atoms with Crippen molar-refractivity contribution >= 4 is 21.9 Å². The Kier molecular flexibility index (Phi) is 6.00. The fraction of sp³-hybridized carbons (Fsp3) is 0.692. The fourth-order valence-electron chi connectivity index (χ4n) is 2.00. The summed E-state index contributed by atoms with van der Waals surface area (Å²) in [6, 6.07) is 0. The van der Waals surface area contributed by atoms with Crippen LogP contribution in [0.2, 0.25) is 0 Å². The fourth-order valence-corrected chi connectivity index (χ4v) is 2.41. The molecule has 0 aliphatic carbocycles. The molecule has 1 N–H and O–H groups in total. The first kappa shape index (κ1) is 16.2. The third-order valence-corrected chi connectivity index (χ3v) is 4.26. The van der Waals surface area contributed by atoms with Crippen LogP contribution < -0.4 is 0 Å². The second-order valence-corrected chi connectivity index (χ2v) is 5.52. The first-order valence-electron chi connectivity index (χ1n) is 6.57. The minimum absolute atomic E-state index is 0.363. The number of nitrogens with zero attached hydrogens (tertiary/aromatic N) is 3. The minimum Gasteiger partial charge on any atom is -0.481 e. The van der Waals surface area contributed by atoms with Gasteiger partial charge in [-0.1, -0.05) is 13.8 Å². The molecule has 0 aliphatic rings. The Labute approximate surface area is 122 Å². The summed E-state index contributed by atoms with van der Waals surface area (Å²) in [5, 5.41) is 13.5. The smallest absolute Gasteiger partial charge is 0.307 e. The number of aliphatic carboxylic acids is 1. The summed E-state index contributed by atoms with van der Waals surface area (Å²) in [6.07, 6.45) is 0. The number of hydrogen-bond acceptors (Lipinski definition) is 3. The monoisotopic (exact) mass is 331 g/mol. The van der Waals surface area contributed by atoms with Gasteiger partial charge in [0.05, 0.1) is 21.8 Å². The van der Waals surface area contributed by atoms with Crippen molar-refractivity contribution in [3.8, 4) is 0 Å². The minimum atomic E-state index is -0.752. The zero-order valence-electron chi connectivity index (χ0n) is 12.0. The van der Waals surface area contributed by atoms with Gasteiger partial charge in [-0.25, -0.2) is 0 Å². The van der Waals surface area contributed by atoms with Crippen LogP contribution in [-0.4, -0.2) is 38.8 Å². The lowest BCUT2D eigenvalue weighted by molar-refractivity contribution is -0.141. The van der Waals surface area contributed by atoms with Gasteiger partial charge in [0.2, 0.25) is 0 Å². The predicted molar refractivity (Wildman–Crippen MR) is 78.1 cm³/mol. The number of carboxylic acids is 1. The van der Waals surface area contributed by atoms with Crippen LogP contribution >= 0.6 is 15.9 Å². The van der Waals surface area contributed by atoms with E-state index in [-0.39, 0.29) is 5.92 Å². The van der Waals surface area contributed by atoms with Crippen LogP contribution in [-0.2, 0) is 17.9 Å². The second-order valence-electron chi connectivity index (χ2n) is 4.73. The van der Waals surface area contributed by atoms with Crippen molar-refractivity contribution in [2.75, 3.05) is 13.1 Å². The maximum absolute atomic E-state index is 10.9. The maximum atomic E-state index is 10.9. The molecule has 0 aromatic carbocycles. The zero-order valence-corrected chi connectivity index (χ0v) is 13.6. The lowest BCUT2D eigenvalue weighted by Gasteiger charge is -2.23. The molecule has 108 valence electrons. The molecule has 0 saturated heterocycles. The molecule has 1 aromatic heterocycles. The normalized spacial score (nSPS) is 12.9. The van der Waals surface area contributed by atoms with E-state index in [1.54, 1.807) is 6.92 Å². The number of carbonyl (C=O) groups is 1. The highest BCUT2D eigenvalue weighted by Crippen LogP contribution is 2.22. The molecule has 0 radical (unpaired) electrons. The van der Waals surface area contributed by atoms with E-state index in [4.69, 9.17) is 5.11 Å². The summed E-state index contributed by atoms with van der Waals surface area (Å²) in [6.45, 7) is 10.7. The quantitative estimate of drug-likeness (QED) is 0.834. The van der Waals surface area contributed by atoms with E-state index in [1.807, 2.05) is 18.5 Å². The van der Waals surface area contributed by atoms with Crippen LogP contribution in [0.25, 0.3) is 0 Å². The van der Waals surface area contributed by atoms with Crippen molar-refractivity contribution in [1.29, 1.82) is 0 Å². The first-order chi connectivity index (χ1) is 8.90. The van der Waals surface area contributed by atoms with Crippen molar-refractivity contribution in [2.45, 2.75) is 40.8 Å². The van der Waals surface area contributed by atoms with E-state index in [0.29, 0.717) is 13.1 Å². The van der Waals surface area contributed by atoms with E-state index >= 15 is 0 Å². The number of halogens is 1. The molecule has 6 heteroatoms. The maximum Gasteiger partial charge on any atom is 0.307 e. The standard InChI is InChI=1S/C13H22BrN3O2/c1-5-16(7-9(3)13(18)19)8-11-12(14)10(4)15-17(11)6-2/h9H,5-8H2,1-4H3,(H,18,19). The highest BCUT2D eigenvalue weighted by molar-refractivity contribution is 9.10. The van der Waals surface area contributed by atoms with Gasteiger partial charge in [-0.3, -0.25) is 14.4 Å². The van der Waals surface area contributed by atoms with Crippen molar-refractivity contribution in [2.24, 2.45) is 5.92 Å². The molecule has 1 heterocycles. The van der Waals surface area contributed by atoms with Gasteiger partial charge in [-0.15, -0.1) is 0 Å². The summed E-state index contributed by atoms with van der Waals surface area (Å²) >= 11 is 3.57. The van der Waals surface area contributed by atoms with E-state index in [1.165, 1.54) is 0 Å². The van der Waals surface area contributed by atoms with Crippen LogP contribution in [0.15, 0.2) is 4.47 Å². The van der Waals surface area contributed by atoms with Crippen molar-refractivity contribution in [1.82, 2.24) is 14.7 Å². The van der Waals surface area contributed by atoms with Gasteiger partial charge in [0.25, 0.3) is 0 Å². The number of aromatic nitrogens is 2. The molecule has 1 aromatic rings. The van der Waals surface area contributed by atoms with Gasteiger partial charge in [0.15, 0.2) is 0 Å². The van der Waals surface area contributed by atoms with Gasteiger partial charge in [-0.05, 0) is 36.3 Å². The topological polar surface area (TPSA) is 58.4 Å². The van der Waals surface area contributed by atoms with E-state index < -0.39 is 5.97 Å². The molecule has 5 nitrogen and oxygen atoms in total. The molecule has 0 spiro atoms. The molecule has 1 atom stereocenters. The van der Waals surface area contributed by atoms with Crippen LogP contribution in [0.3, 0.4) is 0 Å². The Morgan fingerprint density at radius 3 is 2.63 bits per heavy atom. The SMILES string of the molecule is CCN(Cc1c(Br)c(C)nn1CC)CC(C)C(=O)O. The number of rotatable bonds is 7. The molecule has 0 fully saturated rings. The molecule has 1 unspecified atom stereocenters. The Bertz CT molecular complexity index is 445. The van der Waals surface area contributed by atoms with Crippen LogP contribution in [0.1, 0.15) is 32.2 Å². The van der Waals surface area contributed by atoms with Crippen molar-refractivity contribution < 1.29 is 9.90 Å². The van der Waals surface area contributed by atoms with Gasteiger partial charge in [0, 0.05) is 19.6 Å². The molecule has 0 amide bonds. The number of hydrogen-bond donors (Lipinski definition) is 1. The van der Waals surface area contributed by atoms with Crippen molar-refractivity contribution in [3.63, 3.8) is 0 Å². The predicted octanol–water partition coefficient (Wildman–Crippen LogP) is 2.52. The van der Waals surface area contributed by atoms with Gasteiger partial charge in [0.1, 0.15) is 0 Å². The Morgan fingerprint density at radius 1 is 1.53 bits per heavy atom. The van der Waals surface area contributed by atoms with Crippen LogP contribution in [0.4, 0.5) is 0 Å². The second kappa shape index (κ2) is 7.05. The molecule has 19 heavy (non-hydrogen) atoms. The molecule has 0 saturated carbocycles.